The van der Waals surface area contributed by atoms with Gasteiger partial charge in [0.1, 0.15) is 0 Å². The molecule has 0 bridgehead atoms. The predicted molar refractivity (Wildman–Crippen MR) is 101 cm³/mol. The van der Waals surface area contributed by atoms with Crippen molar-refractivity contribution in [2.75, 3.05) is 33.9 Å². The topological polar surface area (TPSA) is 65.1 Å². The molecule has 0 saturated carbocycles. The van der Waals surface area contributed by atoms with Gasteiger partial charge >= 0.3 is 5.97 Å². The average Bonchev–Trinajstić information content (AvgIpc) is 2.62. The summed E-state index contributed by atoms with van der Waals surface area (Å²) >= 11 is 0. The Morgan fingerprint density at radius 1 is 1.08 bits per heavy atom. The van der Waals surface area contributed by atoms with Gasteiger partial charge in [0, 0.05) is 19.5 Å². The van der Waals surface area contributed by atoms with Crippen molar-refractivity contribution in [1.29, 1.82) is 0 Å². The fraction of sp³-hybridized carbons (Fsp3) is 0.600. The van der Waals surface area contributed by atoms with Crippen molar-refractivity contribution >= 4 is 11.9 Å². The van der Waals surface area contributed by atoms with Crippen molar-refractivity contribution in [3.05, 3.63) is 23.8 Å². The Balaban J connectivity index is 2.66. The van der Waals surface area contributed by atoms with Crippen LogP contribution in [0.1, 0.15) is 39.2 Å². The number of benzene rings is 1. The van der Waals surface area contributed by atoms with E-state index in [4.69, 9.17) is 14.2 Å². The van der Waals surface area contributed by atoms with E-state index in [1.807, 2.05) is 18.2 Å². The fourth-order valence-electron chi connectivity index (χ4n) is 2.66. The third-order valence-electron chi connectivity index (χ3n) is 3.90. The van der Waals surface area contributed by atoms with Crippen molar-refractivity contribution in [1.82, 2.24) is 4.90 Å². The maximum absolute atomic E-state index is 12.6. The summed E-state index contributed by atoms with van der Waals surface area (Å²) in [5.74, 6) is 1.42. The second-order valence-electron chi connectivity index (χ2n) is 6.48. The van der Waals surface area contributed by atoms with E-state index in [1.165, 1.54) is 0 Å². The number of rotatable bonds is 11. The number of nitrogens with zero attached hydrogens (tertiary/aromatic N) is 1. The maximum atomic E-state index is 12.6. The number of hydrogen-bond acceptors (Lipinski definition) is 5. The highest BCUT2D eigenvalue weighted by atomic mass is 16.5. The molecule has 0 heterocycles. The lowest BCUT2D eigenvalue weighted by Crippen LogP contribution is -2.36. The molecule has 1 aromatic carbocycles. The van der Waals surface area contributed by atoms with E-state index in [-0.39, 0.29) is 18.3 Å². The number of aryl methyl sites for hydroxylation is 1. The van der Waals surface area contributed by atoms with Crippen LogP contribution in [0, 0.1) is 5.92 Å². The highest BCUT2D eigenvalue weighted by molar-refractivity contribution is 5.77. The summed E-state index contributed by atoms with van der Waals surface area (Å²) in [6.07, 6.45) is 1.21. The first-order chi connectivity index (χ1) is 12.4. The minimum Gasteiger partial charge on any atom is -0.493 e. The van der Waals surface area contributed by atoms with Gasteiger partial charge in [0.05, 0.1) is 27.2 Å². The molecule has 0 saturated heterocycles. The van der Waals surface area contributed by atoms with Gasteiger partial charge < -0.3 is 19.1 Å². The van der Waals surface area contributed by atoms with Gasteiger partial charge in [-0.2, -0.15) is 0 Å². The van der Waals surface area contributed by atoms with Crippen molar-refractivity contribution in [2.45, 2.75) is 40.0 Å². The lowest BCUT2D eigenvalue weighted by Gasteiger charge is -2.24. The lowest BCUT2D eigenvalue weighted by atomic mass is 10.1. The second kappa shape index (κ2) is 11.4. The Labute approximate surface area is 156 Å². The molecule has 0 radical (unpaired) electrons. The number of amides is 1. The Morgan fingerprint density at radius 2 is 1.77 bits per heavy atom. The Hall–Kier alpha value is -2.24. The van der Waals surface area contributed by atoms with Crippen LogP contribution < -0.4 is 9.47 Å². The number of carbonyl (C=O) groups excluding carboxylic acids is 2. The zero-order chi connectivity index (χ0) is 19.5. The second-order valence-corrected chi connectivity index (χ2v) is 6.48. The van der Waals surface area contributed by atoms with Crippen LogP contribution in [-0.4, -0.2) is 50.7 Å². The largest absolute Gasteiger partial charge is 0.493 e. The van der Waals surface area contributed by atoms with Gasteiger partial charge in [0.25, 0.3) is 0 Å². The van der Waals surface area contributed by atoms with Crippen LogP contribution >= 0.6 is 0 Å². The molecule has 1 aromatic rings. The van der Waals surface area contributed by atoms with Gasteiger partial charge in [-0.05, 0) is 37.0 Å². The summed E-state index contributed by atoms with van der Waals surface area (Å²) < 4.78 is 15.5. The first-order valence-corrected chi connectivity index (χ1v) is 9.05. The predicted octanol–water partition coefficient (Wildman–Crippen LogP) is 3.07. The molecule has 6 nitrogen and oxygen atoms in total. The number of carbonyl (C=O) groups is 2. The molecule has 0 fully saturated rings. The van der Waals surface area contributed by atoms with E-state index in [1.54, 1.807) is 26.0 Å². The lowest BCUT2D eigenvalue weighted by molar-refractivity contribution is -0.144. The van der Waals surface area contributed by atoms with E-state index in [9.17, 15) is 9.59 Å². The number of methoxy groups -OCH3 is 2. The molecule has 0 N–H and O–H groups in total. The Bertz CT molecular complexity index is 586. The summed E-state index contributed by atoms with van der Waals surface area (Å²) in [6, 6.07) is 5.66. The van der Waals surface area contributed by atoms with Crippen molar-refractivity contribution in [2.24, 2.45) is 5.92 Å². The van der Waals surface area contributed by atoms with Crippen LogP contribution in [0.15, 0.2) is 18.2 Å². The molecular weight excluding hydrogens is 334 g/mol. The summed E-state index contributed by atoms with van der Waals surface area (Å²) in [7, 11) is 3.18. The van der Waals surface area contributed by atoms with Gasteiger partial charge in [0.15, 0.2) is 11.5 Å². The van der Waals surface area contributed by atoms with Crippen LogP contribution in [0.4, 0.5) is 0 Å². The normalized spacial score (nSPS) is 10.5. The van der Waals surface area contributed by atoms with Crippen LogP contribution in [-0.2, 0) is 20.7 Å². The van der Waals surface area contributed by atoms with E-state index in [2.05, 4.69) is 13.8 Å². The molecule has 0 aliphatic carbocycles. The SMILES string of the molecule is CCOC(=O)CCN(CC(C)C)C(=O)CCc1ccc(OC)c(OC)c1. The highest BCUT2D eigenvalue weighted by Crippen LogP contribution is 2.28. The summed E-state index contributed by atoms with van der Waals surface area (Å²) in [6.45, 7) is 7.26. The molecule has 146 valence electrons. The maximum Gasteiger partial charge on any atom is 0.307 e. The van der Waals surface area contributed by atoms with Crippen LogP contribution in [0.2, 0.25) is 0 Å². The molecule has 1 rings (SSSR count). The van der Waals surface area contributed by atoms with Crippen molar-refractivity contribution < 1.29 is 23.8 Å². The van der Waals surface area contributed by atoms with E-state index in [0.29, 0.717) is 50.0 Å². The molecule has 0 spiro atoms. The van der Waals surface area contributed by atoms with Gasteiger partial charge in [-0.15, -0.1) is 0 Å². The Morgan fingerprint density at radius 3 is 2.35 bits per heavy atom. The first-order valence-electron chi connectivity index (χ1n) is 9.05. The van der Waals surface area contributed by atoms with Gasteiger partial charge in [-0.25, -0.2) is 0 Å². The third-order valence-corrected chi connectivity index (χ3v) is 3.90. The zero-order valence-corrected chi connectivity index (χ0v) is 16.5. The monoisotopic (exact) mass is 365 g/mol. The third kappa shape index (κ3) is 7.33. The highest BCUT2D eigenvalue weighted by Gasteiger charge is 2.17. The molecule has 0 atom stereocenters. The van der Waals surface area contributed by atoms with Gasteiger partial charge in [0.2, 0.25) is 5.91 Å². The van der Waals surface area contributed by atoms with E-state index in [0.717, 1.165) is 5.56 Å². The van der Waals surface area contributed by atoms with Gasteiger partial charge in [-0.1, -0.05) is 19.9 Å². The number of esters is 1. The zero-order valence-electron chi connectivity index (χ0n) is 16.5. The van der Waals surface area contributed by atoms with E-state index >= 15 is 0 Å². The van der Waals surface area contributed by atoms with E-state index < -0.39 is 0 Å². The standard InChI is InChI=1S/C20H31NO5/c1-6-26-20(23)11-12-21(14-15(2)3)19(22)10-8-16-7-9-17(24-4)18(13-16)25-5/h7,9,13,15H,6,8,10-12,14H2,1-5H3. The summed E-state index contributed by atoms with van der Waals surface area (Å²) in [4.78, 5) is 26.0. The van der Waals surface area contributed by atoms with Crippen LogP contribution in [0.5, 0.6) is 11.5 Å². The van der Waals surface area contributed by atoms with Crippen molar-refractivity contribution in [3.8, 4) is 11.5 Å². The molecule has 6 heteroatoms. The Kier molecular flexibility index (Phi) is 9.55. The minimum atomic E-state index is -0.269. The summed E-state index contributed by atoms with van der Waals surface area (Å²) in [5.41, 5.74) is 1.01. The molecule has 0 aromatic heterocycles. The summed E-state index contributed by atoms with van der Waals surface area (Å²) in [5, 5.41) is 0. The van der Waals surface area contributed by atoms with Crippen LogP contribution in [0.25, 0.3) is 0 Å². The smallest absolute Gasteiger partial charge is 0.307 e. The number of hydrogen-bond donors (Lipinski definition) is 0. The van der Waals surface area contributed by atoms with Gasteiger partial charge in [-0.3, -0.25) is 9.59 Å². The molecule has 0 unspecified atom stereocenters. The van der Waals surface area contributed by atoms with Crippen molar-refractivity contribution in [3.63, 3.8) is 0 Å². The average molecular weight is 365 g/mol. The molecule has 1 amide bonds. The molecule has 0 aliphatic rings. The quantitative estimate of drug-likeness (QED) is 0.564. The fourth-order valence-corrected chi connectivity index (χ4v) is 2.66. The molecular formula is C20H31NO5. The molecule has 0 aliphatic heterocycles. The first kappa shape index (κ1) is 21.8. The molecule has 26 heavy (non-hydrogen) atoms. The minimum absolute atomic E-state index is 0.0396. The van der Waals surface area contributed by atoms with Crippen LogP contribution in [0.3, 0.4) is 0 Å². The number of ether oxygens (including phenoxy) is 3.